The van der Waals surface area contributed by atoms with Crippen molar-refractivity contribution in [2.45, 2.75) is 0 Å². The summed E-state index contributed by atoms with van der Waals surface area (Å²) in [5, 5.41) is 16.7. The fourth-order valence-corrected chi connectivity index (χ4v) is 11.1. The molecule has 0 atom stereocenters. The number of aromatic nitrogens is 5. The van der Waals surface area contributed by atoms with E-state index in [0.29, 0.717) is 17.5 Å². The Bertz CT molecular complexity index is 4660. The molecule has 0 N–H and O–H groups in total. The Kier molecular flexibility index (Phi) is 8.29. The highest BCUT2D eigenvalue weighted by Crippen LogP contribution is 2.40. The van der Waals surface area contributed by atoms with Gasteiger partial charge in [0.1, 0.15) is 0 Å². The minimum Gasteiger partial charge on any atom is -0.309 e. The van der Waals surface area contributed by atoms with Crippen molar-refractivity contribution >= 4 is 97.5 Å². The summed E-state index contributed by atoms with van der Waals surface area (Å²) in [6.07, 6.45) is 0. The molecule has 0 saturated carbocycles. The van der Waals surface area contributed by atoms with Gasteiger partial charge >= 0.3 is 0 Å². The molecule has 0 aliphatic rings. The first kappa shape index (κ1) is 38.6. The lowest BCUT2D eigenvalue weighted by molar-refractivity contribution is 1.08. The number of fused-ring (bicyclic) bond motifs is 12. The standard InChI is InChI=1S/C65H39N5/c1-2-14-43(15-3-1)63-66-64(47-28-27-42-26-25-40-13-6-7-19-51(40)55(42)35-47)68-65(67-63)54-22-12-18-41-29-31-50(39-56(41)54)70-60-24-11-9-21-53(60)58-36-48-33-49(32-30-46(48)38-62(58)70)69-59-23-10-8-20-52(59)57-34-44-16-4-5-17-45(44)37-61(57)69/h1-39H. The summed E-state index contributed by atoms with van der Waals surface area (Å²) in [7, 11) is 0. The summed E-state index contributed by atoms with van der Waals surface area (Å²) in [6.45, 7) is 0. The smallest absolute Gasteiger partial charge is 0.164 e. The number of benzene rings is 12. The van der Waals surface area contributed by atoms with Gasteiger partial charge in [-0.15, -0.1) is 0 Å². The number of hydrogen-bond acceptors (Lipinski definition) is 3. The van der Waals surface area contributed by atoms with E-state index in [0.717, 1.165) is 49.9 Å². The van der Waals surface area contributed by atoms with Gasteiger partial charge in [0.05, 0.1) is 22.1 Å². The Morgan fingerprint density at radius 2 is 0.714 bits per heavy atom. The summed E-state index contributed by atoms with van der Waals surface area (Å²) >= 11 is 0. The summed E-state index contributed by atoms with van der Waals surface area (Å²) in [5.41, 5.74) is 9.75. The third-order valence-corrected chi connectivity index (χ3v) is 14.4. The second kappa shape index (κ2) is 15.0. The zero-order valence-corrected chi connectivity index (χ0v) is 37.8. The van der Waals surface area contributed by atoms with Crippen molar-refractivity contribution in [1.82, 2.24) is 24.1 Å². The molecule has 0 bridgehead atoms. The maximum atomic E-state index is 5.30. The maximum absolute atomic E-state index is 5.30. The molecule has 3 heterocycles. The van der Waals surface area contributed by atoms with Crippen LogP contribution in [0.25, 0.3) is 143 Å². The Balaban J connectivity index is 0.901. The molecule has 0 aliphatic heterocycles. The van der Waals surface area contributed by atoms with Crippen molar-refractivity contribution in [2.24, 2.45) is 0 Å². The highest BCUT2D eigenvalue weighted by Gasteiger charge is 2.19. The second-order valence-electron chi connectivity index (χ2n) is 18.4. The van der Waals surface area contributed by atoms with E-state index >= 15 is 0 Å². The van der Waals surface area contributed by atoms with Gasteiger partial charge in [-0.05, 0) is 121 Å². The van der Waals surface area contributed by atoms with Gasteiger partial charge in [-0.25, -0.2) is 15.0 Å². The lowest BCUT2D eigenvalue weighted by atomic mass is 9.99. The normalized spacial score (nSPS) is 12.0. The van der Waals surface area contributed by atoms with E-state index in [9.17, 15) is 0 Å². The highest BCUT2D eigenvalue weighted by atomic mass is 15.0. The predicted molar refractivity (Wildman–Crippen MR) is 292 cm³/mol. The second-order valence-corrected chi connectivity index (χ2v) is 18.4. The van der Waals surface area contributed by atoms with Crippen molar-refractivity contribution in [3.63, 3.8) is 0 Å². The monoisotopic (exact) mass is 889 g/mol. The van der Waals surface area contributed by atoms with Crippen molar-refractivity contribution in [2.75, 3.05) is 0 Å². The molecule has 5 nitrogen and oxygen atoms in total. The predicted octanol–water partition coefficient (Wildman–Crippen LogP) is 16.8. The Morgan fingerprint density at radius 3 is 1.44 bits per heavy atom. The molecule has 5 heteroatoms. The third kappa shape index (κ3) is 5.95. The van der Waals surface area contributed by atoms with Crippen LogP contribution in [0.1, 0.15) is 0 Å². The Hall–Kier alpha value is -9.45. The number of hydrogen-bond donors (Lipinski definition) is 0. The lowest BCUT2D eigenvalue weighted by Gasteiger charge is -2.14. The molecular weight excluding hydrogens is 851 g/mol. The van der Waals surface area contributed by atoms with Gasteiger partial charge in [0, 0.05) is 49.6 Å². The average Bonchev–Trinajstić information content (AvgIpc) is 3.92. The van der Waals surface area contributed by atoms with E-state index in [2.05, 4.69) is 228 Å². The molecule has 0 unspecified atom stereocenters. The fraction of sp³-hybridized carbons (Fsp3) is 0. The molecule has 0 fully saturated rings. The van der Waals surface area contributed by atoms with Crippen LogP contribution < -0.4 is 0 Å². The van der Waals surface area contributed by atoms with E-state index in [1.54, 1.807) is 0 Å². The van der Waals surface area contributed by atoms with Crippen LogP contribution in [0.3, 0.4) is 0 Å². The van der Waals surface area contributed by atoms with Gasteiger partial charge in [0.2, 0.25) is 0 Å². The molecule has 12 aromatic carbocycles. The van der Waals surface area contributed by atoms with Crippen LogP contribution in [-0.4, -0.2) is 24.1 Å². The molecular formula is C65H39N5. The largest absolute Gasteiger partial charge is 0.309 e. The molecule has 0 radical (unpaired) electrons. The van der Waals surface area contributed by atoms with Crippen molar-refractivity contribution in [3.8, 4) is 45.5 Å². The minimum atomic E-state index is 0.630. The zero-order chi connectivity index (χ0) is 45.9. The van der Waals surface area contributed by atoms with Crippen LogP contribution in [0.5, 0.6) is 0 Å². The molecule has 3 aromatic heterocycles. The molecule has 0 spiro atoms. The SMILES string of the molecule is c1ccc(-c2nc(-c3ccc4ccc5ccccc5c4c3)nc(-c3cccc4ccc(-n5c6ccccc6c6cc7cc(-n8c9ccccc9c9cc%10ccccc%10cc98)ccc7cc65)cc34)n2)cc1. The van der Waals surface area contributed by atoms with Crippen LogP contribution in [0.2, 0.25) is 0 Å². The Morgan fingerprint density at radius 1 is 0.229 bits per heavy atom. The van der Waals surface area contributed by atoms with E-state index in [1.165, 1.54) is 75.7 Å². The topological polar surface area (TPSA) is 48.5 Å². The van der Waals surface area contributed by atoms with Crippen molar-refractivity contribution in [1.29, 1.82) is 0 Å². The quantitative estimate of drug-likeness (QED) is 0.162. The summed E-state index contributed by atoms with van der Waals surface area (Å²) in [5.74, 6) is 1.90. The molecule has 0 saturated heterocycles. The summed E-state index contributed by atoms with van der Waals surface area (Å²) < 4.78 is 4.85. The summed E-state index contributed by atoms with van der Waals surface area (Å²) in [6, 6.07) is 85.4. The van der Waals surface area contributed by atoms with E-state index < -0.39 is 0 Å². The van der Waals surface area contributed by atoms with Gasteiger partial charge in [-0.1, -0.05) is 170 Å². The van der Waals surface area contributed by atoms with Gasteiger partial charge < -0.3 is 9.13 Å². The highest BCUT2D eigenvalue weighted by molar-refractivity contribution is 6.16. The Labute approximate surface area is 401 Å². The number of rotatable bonds is 5. The molecule has 15 rings (SSSR count). The van der Waals surface area contributed by atoms with Crippen LogP contribution in [0.4, 0.5) is 0 Å². The first-order valence-corrected chi connectivity index (χ1v) is 23.8. The van der Waals surface area contributed by atoms with E-state index in [-0.39, 0.29) is 0 Å². The first-order valence-electron chi connectivity index (χ1n) is 23.8. The molecule has 324 valence electrons. The number of nitrogens with zero attached hydrogens (tertiary/aromatic N) is 5. The van der Waals surface area contributed by atoms with Crippen LogP contribution in [0, 0.1) is 0 Å². The molecule has 0 amide bonds. The van der Waals surface area contributed by atoms with Crippen molar-refractivity contribution < 1.29 is 0 Å². The van der Waals surface area contributed by atoms with Crippen molar-refractivity contribution in [3.05, 3.63) is 237 Å². The van der Waals surface area contributed by atoms with Gasteiger partial charge in [0.25, 0.3) is 0 Å². The lowest BCUT2D eigenvalue weighted by Crippen LogP contribution is -2.01. The number of para-hydroxylation sites is 2. The third-order valence-electron chi connectivity index (χ3n) is 14.4. The first-order chi connectivity index (χ1) is 34.7. The van der Waals surface area contributed by atoms with E-state index in [4.69, 9.17) is 15.0 Å². The van der Waals surface area contributed by atoms with Crippen LogP contribution in [0.15, 0.2) is 237 Å². The maximum Gasteiger partial charge on any atom is 0.164 e. The van der Waals surface area contributed by atoms with E-state index in [1.807, 2.05) is 18.2 Å². The van der Waals surface area contributed by atoms with Gasteiger partial charge in [-0.2, -0.15) is 0 Å². The zero-order valence-electron chi connectivity index (χ0n) is 37.8. The molecule has 0 aliphatic carbocycles. The van der Waals surface area contributed by atoms with Crippen LogP contribution >= 0.6 is 0 Å². The summed E-state index contributed by atoms with van der Waals surface area (Å²) in [4.78, 5) is 15.7. The van der Waals surface area contributed by atoms with Gasteiger partial charge in [0.15, 0.2) is 17.5 Å². The van der Waals surface area contributed by atoms with Gasteiger partial charge in [-0.3, -0.25) is 0 Å². The van der Waals surface area contributed by atoms with Crippen LogP contribution in [-0.2, 0) is 0 Å². The minimum absolute atomic E-state index is 0.630. The molecule has 15 aromatic rings. The average molecular weight is 890 g/mol. The molecule has 70 heavy (non-hydrogen) atoms. The fourth-order valence-electron chi connectivity index (χ4n) is 11.1.